The number of hydrogen-bond donors (Lipinski definition) is 0. The lowest BCUT2D eigenvalue weighted by atomic mass is 10.2. The summed E-state index contributed by atoms with van der Waals surface area (Å²) < 4.78 is 28.7. The molecule has 1 atom stereocenters. The van der Waals surface area contributed by atoms with E-state index in [-0.39, 0.29) is 17.2 Å². The molecule has 4 rings (SSSR count). The zero-order chi connectivity index (χ0) is 15.3. The molecule has 7 nitrogen and oxygen atoms in total. The fraction of sp³-hybridized carbons (Fsp3) is 0.714. The quantitative estimate of drug-likeness (QED) is 0.801. The van der Waals surface area contributed by atoms with Gasteiger partial charge in [-0.25, -0.2) is 13.4 Å². The van der Waals surface area contributed by atoms with Crippen molar-refractivity contribution in [1.82, 2.24) is 18.8 Å². The van der Waals surface area contributed by atoms with Crippen LogP contribution in [0.5, 0.6) is 0 Å². The lowest BCUT2D eigenvalue weighted by Gasteiger charge is -2.35. The molecule has 1 unspecified atom stereocenters. The van der Waals surface area contributed by atoms with Crippen molar-refractivity contribution >= 4 is 15.9 Å². The van der Waals surface area contributed by atoms with Crippen LogP contribution in [0.2, 0.25) is 0 Å². The summed E-state index contributed by atoms with van der Waals surface area (Å²) in [4.78, 5) is 17.9. The van der Waals surface area contributed by atoms with Crippen LogP contribution in [0.4, 0.5) is 0 Å². The van der Waals surface area contributed by atoms with Crippen LogP contribution < -0.4 is 0 Å². The predicted octanol–water partition coefficient (Wildman–Crippen LogP) is 0.354. The standard InChI is InChI=1S/C14H20N4O3S/c19-14-2-1-5-16(14)7-12-9-17(22(20,21)13-3-4-13)8-11-6-15-10-18(11)12/h6,10,12-13H,1-5,7-9H2. The Morgan fingerprint density at radius 2 is 2.14 bits per heavy atom. The number of rotatable bonds is 4. The Labute approximate surface area is 130 Å². The van der Waals surface area contributed by atoms with Crippen molar-refractivity contribution in [3.05, 3.63) is 18.2 Å². The molecule has 0 bridgehead atoms. The Kier molecular flexibility index (Phi) is 3.26. The van der Waals surface area contributed by atoms with E-state index in [9.17, 15) is 13.2 Å². The fourth-order valence-electron chi connectivity index (χ4n) is 3.42. The first-order valence-corrected chi connectivity index (χ1v) is 9.33. The van der Waals surface area contributed by atoms with E-state index in [1.807, 2.05) is 9.47 Å². The van der Waals surface area contributed by atoms with E-state index in [1.54, 1.807) is 16.8 Å². The Morgan fingerprint density at radius 1 is 1.32 bits per heavy atom. The molecule has 22 heavy (non-hydrogen) atoms. The van der Waals surface area contributed by atoms with E-state index >= 15 is 0 Å². The molecule has 8 heteroatoms. The van der Waals surface area contributed by atoms with Gasteiger partial charge in [-0.2, -0.15) is 4.31 Å². The number of amides is 1. The highest BCUT2D eigenvalue weighted by Crippen LogP contribution is 2.34. The van der Waals surface area contributed by atoms with Crippen LogP contribution >= 0.6 is 0 Å². The normalized spacial score (nSPS) is 26.5. The van der Waals surface area contributed by atoms with Gasteiger partial charge in [-0.1, -0.05) is 0 Å². The lowest BCUT2D eigenvalue weighted by Crippen LogP contribution is -2.45. The highest BCUT2D eigenvalue weighted by atomic mass is 32.2. The van der Waals surface area contributed by atoms with E-state index in [2.05, 4.69) is 4.98 Å². The third-order valence-electron chi connectivity index (χ3n) is 4.80. The number of imidazole rings is 1. The zero-order valence-corrected chi connectivity index (χ0v) is 13.2. The van der Waals surface area contributed by atoms with Crippen molar-refractivity contribution < 1.29 is 13.2 Å². The smallest absolute Gasteiger partial charge is 0.222 e. The summed E-state index contributed by atoms with van der Waals surface area (Å²) in [7, 11) is -3.20. The van der Waals surface area contributed by atoms with Crippen LogP contribution in [0.15, 0.2) is 12.5 Å². The first kappa shape index (κ1) is 14.2. The van der Waals surface area contributed by atoms with Crippen LogP contribution in [0.1, 0.15) is 37.4 Å². The molecule has 1 amide bonds. The Bertz CT molecular complexity index is 695. The van der Waals surface area contributed by atoms with Crippen molar-refractivity contribution in [1.29, 1.82) is 0 Å². The highest BCUT2D eigenvalue weighted by Gasteiger charge is 2.43. The molecular weight excluding hydrogens is 304 g/mol. The second kappa shape index (κ2) is 5.06. The molecular formula is C14H20N4O3S. The summed E-state index contributed by atoms with van der Waals surface area (Å²) in [5.74, 6) is 0.170. The predicted molar refractivity (Wildman–Crippen MR) is 79.4 cm³/mol. The van der Waals surface area contributed by atoms with Crippen molar-refractivity contribution in [3.8, 4) is 0 Å². The molecule has 1 saturated heterocycles. The summed E-state index contributed by atoms with van der Waals surface area (Å²) in [6, 6.07) is -0.0400. The number of carbonyl (C=O) groups excluding carboxylic acids is 1. The van der Waals surface area contributed by atoms with Gasteiger partial charge in [0.15, 0.2) is 0 Å². The van der Waals surface area contributed by atoms with Crippen LogP contribution in [0.25, 0.3) is 0 Å². The van der Waals surface area contributed by atoms with E-state index in [1.165, 1.54) is 0 Å². The second-order valence-corrected chi connectivity index (χ2v) is 8.64. The van der Waals surface area contributed by atoms with Crippen LogP contribution in [0, 0.1) is 0 Å². The lowest BCUT2D eigenvalue weighted by molar-refractivity contribution is -0.128. The fourth-order valence-corrected chi connectivity index (χ4v) is 5.26. The highest BCUT2D eigenvalue weighted by molar-refractivity contribution is 7.90. The Morgan fingerprint density at radius 3 is 2.82 bits per heavy atom. The van der Waals surface area contributed by atoms with Crippen LogP contribution in [-0.4, -0.2) is 58.0 Å². The molecule has 0 radical (unpaired) electrons. The van der Waals surface area contributed by atoms with E-state index in [0.717, 1.165) is 31.5 Å². The number of sulfonamides is 1. The topological polar surface area (TPSA) is 75.5 Å². The van der Waals surface area contributed by atoms with Gasteiger partial charge in [0.05, 0.1) is 29.9 Å². The number of likely N-dealkylation sites (tertiary alicyclic amines) is 1. The molecule has 2 aliphatic heterocycles. The molecule has 1 saturated carbocycles. The van der Waals surface area contributed by atoms with Gasteiger partial charge >= 0.3 is 0 Å². The minimum Gasteiger partial charge on any atom is -0.341 e. The Balaban J connectivity index is 1.59. The average Bonchev–Trinajstić information content (AvgIpc) is 3.13. The van der Waals surface area contributed by atoms with Crippen LogP contribution in [0.3, 0.4) is 0 Å². The molecule has 0 aromatic carbocycles. The first-order chi connectivity index (χ1) is 10.6. The van der Waals surface area contributed by atoms with Gasteiger partial charge in [-0.15, -0.1) is 0 Å². The van der Waals surface area contributed by atoms with Crippen molar-refractivity contribution in [2.75, 3.05) is 19.6 Å². The zero-order valence-electron chi connectivity index (χ0n) is 12.4. The van der Waals surface area contributed by atoms with Gasteiger partial charge in [0, 0.05) is 32.3 Å². The molecule has 3 heterocycles. The summed E-state index contributed by atoms with van der Waals surface area (Å²) in [5.41, 5.74) is 0.909. The maximum Gasteiger partial charge on any atom is 0.222 e. The second-order valence-electron chi connectivity index (χ2n) is 6.43. The molecule has 1 aromatic rings. The number of aromatic nitrogens is 2. The minimum atomic E-state index is -3.20. The molecule has 3 aliphatic rings. The molecule has 0 spiro atoms. The van der Waals surface area contributed by atoms with Crippen molar-refractivity contribution in [3.63, 3.8) is 0 Å². The van der Waals surface area contributed by atoms with Gasteiger partial charge in [0.1, 0.15) is 0 Å². The molecule has 120 valence electrons. The summed E-state index contributed by atoms with van der Waals surface area (Å²) >= 11 is 0. The number of nitrogens with zero attached hydrogens (tertiary/aromatic N) is 4. The number of carbonyl (C=O) groups is 1. The SMILES string of the molecule is O=C1CCCN1CC1CN(S(=O)(=O)C2CC2)Cc2cncn21. The minimum absolute atomic E-state index is 0.0400. The molecule has 1 aromatic heterocycles. The van der Waals surface area contributed by atoms with Crippen molar-refractivity contribution in [2.24, 2.45) is 0 Å². The van der Waals surface area contributed by atoms with Crippen LogP contribution in [-0.2, 0) is 21.4 Å². The van der Waals surface area contributed by atoms with E-state index in [0.29, 0.717) is 26.1 Å². The first-order valence-electron chi connectivity index (χ1n) is 7.83. The van der Waals surface area contributed by atoms with Gasteiger partial charge in [-0.05, 0) is 19.3 Å². The average molecular weight is 324 g/mol. The van der Waals surface area contributed by atoms with Crippen molar-refractivity contribution in [2.45, 2.75) is 43.5 Å². The van der Waals surface area contributed by atoms with Gasteiger partial charge in [0.25, 0.3) is 0 Å². The number of hydrogen-bond acceptors (Lipinski definition) is 4. The third kappa shape index (κ3) is 2.34. The summed E-state index contributed by atoms with van der Waals surface area (Å²) in [6.45, 7) is 2.17. The number of fused-ring (bicyclic) bond motifs is 1. The van der Waals surface area contributed by atoms with Gasteiger partial charge in [0.2, 0.25) is 15.9 Å². The molecule has 2 fully saturated rings. The summed E-state index contributed by atoms with van der Waals surface area (Å²) in [5, 5.41) is -0.198. The van der Waals surface area contributed by atoms with E-state index in [4.69, 9.17) is 0 Å². The molecule has 1 aliphatic carbocycles. The Hall–Kier alpha value is -1.41. The largest absolute Gasteiger partial charge is 0.341 e. The van der Waals surface area contributed by atoms with Gasteiger partial charge < -0.3 is 9.47 Å². The van der Waals surface area contributed by atoms with E-state index < -0.39 is 10.0 Å². The van der Waals surface area contributed by atoms with Gasteiger partial charge in [-0.3, -0.25) is 4.79 Å². The third-order valence-corrected chi connectivity index (χ3v) is 7.11. The maximum absolute atomic E-state index is 12.5. The molecule has 0 N–H and O–H groups in total. The monoisotopic (exact) mass is 324 g/mol. The maximum atomic E-state index is 12.5. The summed E-state index contributed by atoms with van der Waals surface area (Å²) in [6.07, 6.45) is 6.52.